The number of urea groups is 1. The molecule has 0 spiro atoms. The Morgan fingerprint density at radius 1 is 0.933 bits per heavy atom. The van der Waals surface area contributed by atoms with E-state index in [9.17, 15) is 9.59 Å². The van der Waals surface area contributed by atoms with Crippen molar-refractivity contribution in [3.8, 4) is 11.1 Å². The van der Waals surface area contributed by atoms with Crippen molar-refractivity contribution in [2.24, 2.45) is 5.92 Å². The van der Waals surface area contributed by atoms with Gasteiger partial charge in [0.1, 0.15) is 0 Å². The third kappa shape index (κ3) is 3.50. The van der Waals surface area contributed by atoms with Gasteiger partial charge in [0.2, 0.25) is 0 Å². The zero-order valence-electron chi connectivity index (χ0n) is 16.4. The second-order valence-corrected chi connectivity index (χ2v) is 8.52. The summed E-state index contributed by atoms with van der Waals surface area (Å²) in [6, 6.07) is 20.7. The Labute approximate surface area is 179 Å². The van der Waals surface area contributed by atoms with E-state index in [0.717, 1.165) is 28.9 Å². The maximum absolute atomic E-state index is 12.9. The molecule has 1 saturated heterocycles. The van der Waals surface area contributed by atoms with Crippen molar-refractivity contribution >= 4 is 23.3 Å². The number of hydrogen-bond acceptors (Lipinski definition) is 2. The molecule has 0 unspecified atom stereocenters. The van der Waals surface area contributed by atoms with Crippen molar-refractivity contribution in [1.29, 1.82) is 0 Å². The molecule has 6 heteroatoms. The number of aromatic nitrogens is 1. The van der Waals surface area contributed by atoms with E-state index in [1.807, 2.05) is 70.1 Å². The van der Waals surface area contributed by atoms with Crippen LogP contribution in [0.3, 0.4) is 0 Å². The summed E-state index contributed by atoms with van der Waals surface area (Å²) in [5.74, 6) is 0.398. The minimum atomic E-state index is -0.0873. The number of rotatable bonds is 2. The number of nitrogens with zero attached hydrogens (tertiary/aromatic N) is 2. The van der Waals surface area contributed by atoms with Crippen LogP contribution in [-0.2, 0) is 6.54 Å². The standard InChI is InChI=1S/C24H22ClN3O2/c25-19-8-6-17(7-9-19)21-10-11-22(29)28-14-16-12-18(23(21)28)15-27(13-16)24(30)26-20-4-2-1-3-5-20/h1-11,16,18H,12-15H2,(H,26,30)/t16-,18+/m0/s1. The lowest BCUT2D eigenvalue weighted by Gasteiger charge is -2.43. The van der Waals surface area contributed by atoms with Crippen molar-refractivity contribution in [3.05, 3.63) is 87.8 Å². The summed E-state index contributed by atoms with van der Waals surface area (Å²) in [5.41, 5.74) is 3.92. The quantitative estimate of drug-likeness (QED) is 0.647. The molecule has 0 saturated carbocycles. The molecule has 1 N–H and O–H groups in total. The molecule has 2 aromatic carbocycles. The molecule has 5 rings (SSSR count). The van der Waals surface area contributed by atoms with Gasteiger partial charge in [-0.15, -0.1) is 0 Å². The van der Waals surface area contributed by atoms with Crippen LogP contribution in [0.2, 0.25) is 5.02 Å². The Kier molecular flexibility index (Phi) is 4.83. The Balaban J connectivity index is 1.47. The van der Waals surface area contributed by atoms with E-state index in [0.29, 0.717) is 24.7 Å². The van der Waals surface area contributed by atoms with Crippen LogP contribution in [0.4, 0.5) is 10.5 Å². The highest BCUT2D eigenvalue weighted by molar-refractivity contribution is 6.30. The van der Waals surface area contributed by atoms with E-state index in [2.05, 4.69) is 5.32 Å². The first-order valence-electron chi connectivity index (χ1n) is 10.2. The fourth-order valence-electron chi connectivity index (χ4n) is 4.78. The van der Waals surface area contributed by atoms with E-state index in [4.69, 9.17) is 11.6 Å². The van der Waals surface area contributed by atoms with Gasteiger partial charge in [0, 0.05) is 53.6 Å². The molecule has 3 heterocycles. The first-order chi connectivity index (χ1) is 14.6. The largest absolute Gasteiger partial charge is 0.324 e. The number of fused-ring (bicyclic) bond motifs is 4. The number of para-hydroxylation sites is 1. The minimum absolute atomic E-state index is 0.0274. The summed E-state index contributed by atoms with van der Waals surface area (Å²) in [6.07, 6.45) is 0.985. The van der Waals surface area contributed by atoms with Gasteiger partial charge in [-0.05, 0) is 48.2 Å². The number of hydrogen-bond donors (Lipinski definition) is 1. The van der Waals surface area contributed by atoms with E-state index in [-0.39, 0.29) is 23.4 Å². The number of nitrogens with one attached hydrogen (secondary N) is 1. The predicted molar refractivity (Wildman–Crippen MR) is 119 cm³/mol. The van der Waals surface area contributed by atoms with Crippen LogP contribution in [0.5, 0.6) is 0 Å². The average Bonchev–Trinajstić information content (AvgIpc) is 2.76. The third-order valence-corrected chi connectivity index (χ3v) is 6.31. The number of benzene rings is 2. The Bertz CT molecular complexity index is 1140. The van der Waals surface area contributed by atoms with Crippen molar-refractivity contribution in [2.45, 2.75) is 18.9 Å². The number of likely N-dealkylation sites (tertiary alicyclic amines) is 1. The Morgan fingerprint density at radius 3 is 2.47 bits per heavy atom. The minimum Gasteiger partial charge on any atom is -0.324 e. The number of amides is 2. The zero-order valence-corrected chi connectivity index (χ0v) is 17.2. The maximum atomic E-state index is 12.9. The molecule has 2 aliphatic rings. The SMILES string of the molecule is O=C(Nc1ccccc1)N1C[C@@H]2C[C@H](C1)c1c(-c3ccc(Cl)cc3)ccc(=O)n1C2. The molecular weight excluding hydrogens is 398 g/mol. The summed E-state index contributed by atoms with van der Waals surface area (Å²) in [4.78, 5) is 27.4. The lowest BCUT2D eigenvalue weighted by Crippen LogP contribution is -2.50. The molecule has 5 nitrogen and oxygen atoms in total. The molecule has 2 bridgehead atoms. The van der Waals surface area contributed by atoms with Gasteiger partial charge >= 0.3 is 6.03 Å². The summed E-state index contributed by atoms with van der Waals surface area (Å²) >= 11 is 6.07. The van der Waals surface area contributed by atoms with Crippen molar-refractivity contribution in [3.63, 3.8) is 0 Å². The van der Waals surface area contributed by atoms with Crippen LogP contribution in [0.15, 0.2) is 71.5 Å². The van der Waals surface area contributed by atoms with Gasteiger partial charge in [-0.3, -0.25) is 4.79 Å². The molecule has 2 atom stereocenters. The fraction of sp³-hybridized carbons (Fsp3) is 0.250. The maximum Gasteiger partial charge on any atom is 0.321 e. The summed E-state index contributed by atoms with van der Waals surface area (Å²) in [6.45, 7) is 1.90. The van der Waals surface area contributed by atoms with Gasteiger partial charge < -0.3 is 14.8 Å². The summed E-state index contributed by atoms with van der Waals surface area (Å²) < 4.78 is 1.91. The average molecular weight is 420 g/mol. The van der Waals surface area contributed by atoms with E-state index >= 15 is 0 Å². The van der Waals surface area contributed by atoms with Crippen molar-refractivity contribution < 1.29 is 4.79 Å². The Morgan fingerprint density at radius 2 is 1.70 bits per heavy atom. The highest BCUT2D eigenvalue weighted by Gasteiger charge is 2.37. The lowest BCUT2D eigenvalue weighted by molar-refractivity contribution is 0.140. The molecule has 0 aliphatic carbocycles. The first-order valence-corrected chi connectivity index (χ1v) is 10.6. The molecular formula is C24H22ClN3O2. The summed E-state index contributed by atoms with van der Waals surface area (Å²) in [7, 11) is 0. The zero-order chi connectivity index (χ0) is 20.7. The van der Waals surface area contributed by atoms with Crippen molar-refractivity contribution in [1.82, 2.24) is 9.47 Å². The van der Waals surface area contributed by atoms with Gasteiger partial charge in [-0.2, -0.15) is 0 Å². The third-order valence-electron chi connectivity index (χ3n) is 6.06. The van der Waals surface area contributed by atoms with Crippen molar-refractivity contribution in [2.75, 3.05) is 18.4 Å². The highest BCUT2D eigenvalue weighted by atomic mass is 35.5. The van der Waals surface area contributed by atoms with Crippen LogP contribution >= 0.6 is 11.6 Å². The number of halogens is 1. The summed E-state index contributed by atoms with van der Waals surface area (Å²) in [5, 5.41) is 3.68. The highest BCUT2D eigenvalue weighted by Crippen LogP contribution is 2.40. The van der Waals surface area contributed by atoms with Gasteiger partial charge in [-0.25, -0.2) is 4.79 Å². The molecule has 1 fully saturated rings. The second-order valence-electron chi connectivity index (χ2n) is 8.09. The number of anilines is 1. The van der Waals surface area contributed by atoms with Crippen LogP contribution in [-0.4, -0.2) is 28.6 Å². The van der Waals surface area contributed by atoms with Gasteiger partial charge in [0.25, 0.3) is 5.56 Å². The van der Waals surface area contributed by atoms with Crippen LogP contribution in [0.1, 0.15) is 18.0 Å². The first kappa shape index (κ1) is 18.9. The molecule has 3 aromatic rings. The molecule has 2 aliphatic heterocycles. The van der Waals surface area contributed by atoms with E-state index in [1.165, 1.54) is 0 Å². The molecule has 0 radical (unpaired) electrons. The molecule has 30 heavy (non-hydrogen) atoms. The fourth-order valence-corrected chi connectivity index (χ4v) is 4.90. The van der Waals surface area contributed by atoms with E-state index < -0.39 is 0 Å². The van der Waals surface area contributed by atoms with Crippen LogP contribution in [0, 0.1) is 5.92 Å². The number of pyridine rings is 1. The molecule has 152 valence electrons. The number of carbonyl (C=O) groups excluding carboxylic acids is 1. The normalized spacial score (nSPS) is 19.8. The van der Waals surface area contributed by atoms with Gasteiger partial charge in [-0.1, -0.05) is 41.9 Å². The van der Waals surface area contributed by atoms with E-state index in [1.54, 1.807) is 6.07 Å². The van der Waals surface area contributed by atoms with Gasteiger partial charge in [0.15, 0.2) is 0 Å². The predicted octanol–water partition coefficient (Wildman–Crippen LogP) is 4.82. The molecule has 2 amide bonds. The number of piperidine rings is 1. The van der Waals surface area contributed by atoms with Gasteiger partial charge in [0.05, 0.1) is 0 Å². The monoisotopic (exact) mass is 419 g/mol. The second kappa shape index (κ2) is 7.65. The topological polar surface area (TPSA) is 54.3 Å². The molecule has 1 aromatic heterocycles. The lowest BCUT2D eigenvalue weighted by atomic mass is 9.80. The smallest absolute Gasteiger partial charge is 0.321 e. The number of carbonyl (C=O) groups is 1. The van der Waals surface area contributed by atoms with Crippen LogP contribution < -0.4 is 10.9 Å². The van der Waals surface area contributed by atoms with Crippen LogP contribution in [0.25, 0.3) is 11.1 Å². The Hall–Kier alpha value is -3.05.